The monoisotopic (exact) mass is 327 g/mol. The molecule has 1 heterocycles. The number of nitrogens with one attached hydrogen (secondary N) is 1. The number of carboxylic acid groups (broad SMARTS) is 1. The maximum Gasteiger partial charge on any atom is 0.308 e. The van der Waals surface area contributed by atoms with Crippen LogP contribution in [0, 0.1) is 5.92 Å². The molecule has 1 aromatic heterocycles. The van der Waals surface area contributed by atoms with Gasteiger partial charge in [-0.05, 0) is 37.1 Å². The number of aliphatic carboxylic acids is 1. The summed E-state index contributed by atoms with van der Waals surface area (Å²) in [5, 5.41) is 12.3. The van der Waals surface area contributed by atoms with Crippen LogP contribution < -0.4 is 5.32 Å². The van der Waals surface area contributed by atoms with Gasteiger partial charge in [-0.25, -0.2) is 4.98 Å². The maximum absolute atomic E-state index is 12.5. The van der Waals surface area contributed by atoms with E-state index in [0.717, 1.165) is 31.4 Å². The van der Waals surface area contributed by atoms with Crippen LogP contribution in [0.4, 0.5) is 0 Å². The molecule has 0 bridgehead atoms. The van der Waals surface area contributed by atoms with Crippen LogP contribution in [0.2, 0.25) is 0 Å². The zero-order valence-electron chi connectivity index (χ0n) is 13.4. The highest BCUT2D eigenvalue weighted by Gasteiger charge is 2.30. The van der Waals surface area contributed by atoms with E-state index in [1.54, 1.807) is 24.7 Å². The van der Waals surface area contributed by atoms with Gasteiger partial charge in [0.15, 0.2) is 0 Å². The molecule has 1 fully saturated rings. The lowest BCUT2D eigenvalue weighted by Crippen LogP contribution is -2.42. The molecule has 0 spiro atoms. The topological polar surface area (TPSA) is 84.2 Å². The molecule has 1 aliphatic rings. The number of carbonyl (C=O) groups excluding carboxylic acids is 1. The molecule has 2 unspecified atom stereocenters. The van der Waals surface area contributed by atoms with E-state index in [1.807, 2.05) is 22.9 Å². The number of aromatic nitrogens is 2. The maximum atomic E-state index is 12.5. The second kappa shape index (κ2) is 7.29. The third-order valence-electron chi connectivity index (χ3n) is 4.58. The Morgan fingerprint density at radius 3 is 2.54 bits per heavy atom. The first-order valence-electron chi connectivity index (χ1n) is 8.27. The number of nitrogens with zero attached hydrogens (tertiary/aromatic N) is 2. The minimum atomic E-state index is -0.822. The van der Waals surface area contributed by atoms with Gasteiger partial charge in [-0.1, -0.05) is 19.3 Å². The molecule has 1 saturated carbocycles. The number of rotatable bonds is 4. The van der Waals surface area contributed by atoms with Crippen LogP contribution in [0.15, 0.2) is 43.0 Å². The molecule has 1 aromatic carbocycles. The summed E-state index contributed by atoms with van der Waals surface area (Å²) in [6.45, 7) is 0. The van der Waals surface area contributed by atoms with E-state index in [2.05, 4.69) is 10.3 Å². The van der Waals surface area contributed by atoms with E-state index < -0.39 is 11.9 Å². The normalized spacial score (nSPS) is 21.0. The Morgan fingerprint density at radius 1 is 1.12 bits per heavy atom. The molecule has 6 heteroatoms. The Kier molecular flexibility index (Phi) is 4.93. The van der Waals surface area contributed by atoms with E-state index in [-0.39, 0.29) is 11.9 Å². The Bertz CT molecular complexity index is 695. The van der Waals surface area contributed by atoms with Gasteiger partial charge < -0.3 is 15.0 Å². The van der Waals surface area contributed by atoms with E-state index >= 15 is 0 Å². The van der Waals surface area contributed by atoms with Crippen LogP contribution in [0.1, 0.15) is 42.5 Å². The molecule has 6 nitrogen and oxygen atoms in total. The van der Waals surface area contributed by atoms with Crippen molar-refractivity contribution in [3.05, 3.63) is 48.5 Å². The van der Waals surface area contributed by atoms with Crippen LogP contribution in [0.3, 0.4) is 0 Å². The quantitative estimate of drug-likeness (QED) is 0.846. The summed E-state index contributed by atoms with van der Waals surface area (Å²) in [6, 6.07) is 6.89. The number of hydrogen-bond donors (Lipinski definition) is 2. The minimum absolute atomic E-state index is 0.217. The highest BCUT2D eigenvalue weighted by atomic mass is 16.4. The summed E-state index contributed by atoms with van der Waals surface area (Å²) in [5.74, 6) is -1.54. The second-order valence-corrected chi connectivity index (χ2v) is 6.18. The van der Waals surface area contributed by atoms with Gasteiger partial charge in [0.1, 0.15) is 0 Å². The van der Waals surface area contributed by atoms with Crippen molar-refractivity contribution in [2.24, 2.45) is 5.92 Å². The Labute approximate surface area is 140 Å². The van der Waals surface area contributed by atoms with Crippen molar-refractivity contribution >= 4 is 11.9 Å². The molecule has 0 saturated heterocycles. The lowest BCUT2D eigenvalue weighted by atomic mass is 9.94. The molecule has 1 aliphatic carbocycles. The number of imidazole rings is 1. The van der Waals surface area contributed by atoms with E-state index in [9.17, 15) is 14.7 Å². The summed E-state index contributed by atoms with van der Waals surface area (Å²) >= 11 is 0. The lowest BCUT2D eigenvalue weighted by Gasteiger charge is -2.23. The average molecular weight is 327 g/mol. The molecule has 3 rings (SSSR count). The molecule has 0 radical (unpaired) electrons. The average Bonchev–Trinajstić information content (AvgIpc) is 3.02. The highest BCUT2D eigenvalue weighted by Crippen LogP contribution is 2.24. The van der Waals surface area contributed by atoms with Gasteiger partial charge in [0.2, 0.25) is 0 Å². The fourth-order valence-corrected chi connectivity index (χ4v) is 3.22. The van der Waals surface area contributed by atoms with Gasteiger partial charge in [0.25, 0.3) is 5.91 Å². The summed E-state index contributed by atoms with van der Waals surface area (Å²) in [4.78, 5) is 27.9. The fraction of sp³-hybridized carbons (Fsp3) is 0.389. The standard InChI is InChI=1S/C18H21N3O3/c22-17(20-16-5-3-1-2-4-15(16)18(23)24)13-6-8-14(9-7-13)21-11-10-19-12-21/h6-12,15-16H,1-5H2,(H,20,22)(H,23,24). The van der Waals surface area contributed by atoms with Crippen molar-refractivity contribution in [3.63, 3.8) is 0 Å². The number of hydrogen-bond acceptors (Lipinski definition) is 3. The van der Waals surface area contributed by atoms with E-state index in [4.69, 9.17) is 0 Å². The number of benzene rings is 1. The van der Waals surface area contributed by atoms with Gasteiger partial charge in [-0.2, -0.15) is 0 Å². The van der Waals surface area contributed by atoms with Gasteiger partial charge in [0, 0.05) is 29.7 Å². The zero-order valence-corrected chi connectivity index (χ0v) is 13.4. The number of carboxylic acids is 1. The molecule has 126 valence electrons. The first kappa shape index (κ1) is 16.2. The smallest absolute Gasteiger partial charge is 0.308 e. The van der Waals surface area contributed by atoms with Crippen LogP contribution in [-0.4, -0.2) is 32.6 Å². The van der Waals surface area contributed by atoms with Crippen LogP contribution >= 0.6 is 0 Å². The Balaban J connectivity index is 1.70. The van der Waals surface area contributed by atoms with Gasteiger partial charge in [0.05, 0.1) is 12.2 Å². The Hall–Kier alpha value is -2.63. The van der Waals surface area contributed by atoms with E-state index in [0.29, 0.717) is 12.0 Å². The van der Waals surface area contributed by atoms with Crippen molar-refractivity contribution in [1.29, 1.82) is 0 Å². The summed E-state index contributed by atoms with van der Waals surface area (Å²) < 4.78 is 1.85. The molecule has 0 aliphatic heterocycles. The molecule has 1 amide bonds. The minimum Gasteiger partial charge on any atom is -0.481 e. The summed E-state index contributed by atoms with van der Waals surface area (Å²) in [6.07, 6.45) is 9.44. The molecule has 2 N–H and O–H groups in total. The van der Waals surface area contributed by atoms with Crippen molar-refractivity contribution in [2.75, 3.05) is 0 Å². The zero-order chi connectivity index (χ0) is 16.9. The highest BCUT2D eigenvalue weighted by molar-refractivity contribution is 5.94. The fourth-order valence-electron chi connectivity index (χ4n) is 3.22. The molecule has 24 heavy (non-hydrogen) atoms. The van der Waals surface area contributed by atoms with Gasteiger partial charge >= 0.3 is 5.97 Å². The number of amides is 1. The van der Waals surface area contributed by atoms with Gasteiger partial charge in [-0.3, -0.25) is 9.59 Å². The van der Waals surface area contributed by atoms with Crippen LogP contribution in [0.5, 0.6) is 0 Å². The number of carbonyl (C=O) groups is 2. The third-order valence-corrected chi connectivity index (χ3v) is 4.58. The second-order valence-electron chi connectivity index (χ2n) is 6.18. The van der Waals surface area contributed by atoms with Crippen LogP contribution in [0.25, 0.3) is 5.69 Å². The summed E-state index contributed by atoms with van der Waals surface area (Å²) in [7, 11) is 0. The molecular formula is C18H21N3O3. The molecular weight excluding hydrogens is 306 g/mol. The molecule has 2 atom stereocenters. The van der Waals surface area contributed by atoms with Crippen molar-refractivity contribution < 1.29 is 14.7 Å². The van der Waals surface area contributed by atoms with E-state index in [1.165, 1.54) is 0 Å². The largest absolute Gasteiger partial charge is 0.481 e. The predicted molar refractivity (Wildman–Crippen MR) is 89.0 cm³/mol. The predicted octanol–water partition coefficient (Wildman–Crippen LogP) is 2.64. The third kappa shape index (κ3) is 3.64. The first-order valence-corrected chi connectivity index (χ1v) is 8.27. The SMILES string of the molecule is O=C(NC1CCCCCC1C(=O)O)c1ccc(-n2ccnc2)cc1. The van der Waals surface area contributed by atoms with Crippen molar-refractivity contribution in [3.8, 4) is 5.69 Å². The lowest BCUT2D eigenvalue weighted by molar-refractivity contribution is -0.142. The van der Waals surface area contributed by atoms with Crippen molar-refractivity contribution in [1.82, 2.24) is 14.9 Å². The summed E-state index contributed by atoms with van der Waals surface area (Å²) in [5.41, 5.74) is 1.45. The van der Waals surface area contributed by atoms with Crippen molar-refractivity contribution in [2.45, 2.75) is 38.1 Å². The van der Waals surface area contributed by atoms with Crippen LogP contribution in [-0.2, 0) is 4.79 Å². The first-order chi connectivity index (χ1) is 11.6. The molecule has 2 aromatic rings. The van der Waals surface area contributed by atoms with Gasteiger partial charge in [-0.15, -0.1) is 0 Å². The Morgan fingerprint density at radius 2 is 1.88 bits per heavy atom.